The Hall–Kier alpha value is -7.82. The highest BCUT2D eigenvalue weighted by Crippen LogP contribution is 2.33. The number of nitrogens with zero attached hydrogens (tertiary/aromatic N) is 6. The van der Waals surface area contributed by atoms with Gasteiger partial charge in [-0.15, -0.1) is 0 Å². The van der Waals surface area contributed by atoms with Crippen molar-refractivity contribution in [2.75, 3.05) is 53.8 Å². The van der Waals surface area contributed by atoms with Gasteiger partial charge in [-0.2, -0.15) is 5.10 Å². The molecule has 2 N–H and O–H groups in total. The number of Topliss-reactive ketones (excluding diaryl/α,β-unsaturated/α-hetero) is 2. The number of anilines is 1. The van der Waals surface area contributed by atoms with Crippen molar-refractivity contribution in [3.05, 3.63) is 117 Å². The lowest BCUT2D eigenvalue weighted by Gasteiger charge is -2.41. The van der Waals surface area contributed by atoms with E-state index in [1.54, 1.807) is 62.1 Å². The number of carbonyl (C=O) groups is 9. The van der Waals surface area contributed by atoms with Crippen LogP contribution in [0.25, 0.3) is 0 Å². The second-order valence-electron chi connectivity index (χ2n) is 24.8. The number of benzene rings is 3. The number of likely N-dealkylation sites (tertiary alicyclic amines) is 1. The number of ether oxygens (including phenoxy) is 3. The molecule has 5 rings (SSSR count). The number of nitro benzene ring substituents is 1. The Morgan fingerprint density at radius 3 is 2.06 bits per heavy atom. The zero-order chi connectivity index (χ0) is 66.5. The third kappa shape index (κ3) is 20.1. The molecule has 0 bridgehead atoms. The van der Waals surface area contributed by atoms with Gasteiger partial charge in [0, 0.05) is 89.4 Å². The molecular weight excluding hydrogens is 1150 g/mol. The van der Waals surface area contributed by atoms with Crippen LogP contribution in [-0.2, 0) is 65.6 Å². The van der Waals surface area contributed by atoms with Gasteiger partial charge >= 0.3 is 5.97 Å². The molecule has 9 atom stereocenters. The molecule has 22 nitrogen and oxygen atoms in total. The van der Waals surface area contributed by atoms with Crippen molar-refractivity contribution in [2.45, 2.75) is 163 Å². The van der Waals surface area contributed by atoms with Gasteiger partial charge < -0.3 is 29.3 Å². The number of likely N-dealkylation sites (N-methyl/N-ethyl adjacent to an activating group) is 2. The molecule has 0 radical (unpaired) electrons. The average molecular weight is 1250 g/mol. The number of esters is 1. The highest BCUT2D eigenvalue weighted by atomic mass is 16.6. The molecule has 0 aromatic heterocycles. The third-order valence-corrected chi connectivity index (χ3v) is 17.5. The zero-order valence-electron chi connectivity index (χ0n) is 54.7. The number of hydrazone groups is 1. The Bertz CT molecular complexity index is 3030. The SMILES string of the molecule is CC[C@H](C)[C@@H]([C@@H](CC(=O)N1CCC[C@H]1[C@H](OC)[C@@H](C)C(=O)C[C@@H](Cc1ccccc1)C(=O)OCc1ccc(/C(C)=N/NC(=O)c2ccc(NC(=O)CCCCCN3C(=O)C=CC3=O)cc2[N+](=O)[O-])cc1)OC)N(C)C(=O)[C@@H](CC(=O)[C@H](C(C)C)N(C)C)C(C)C. The summed E-state index contributed by atoms with van der Waals surface area (Å²) in [5, 5.41) is 18.8. The molecule has 90 heavy (non-hydrogen) atoms. The van der Waals surface area contributed by atoms with Crippen LogP contribution >= 0.6 is 0 Å². The molecule has 0 spiro atoms. The molecule has 6 amide bonds. The summed E-state index contributed by atoms with van der Waals surface area (Å²) >= 11 is 0. The fourth-order valence-electron chi connectivity index (χ4n) is 12.3. The van der Waals surface area contributed by atoms with E-state index in [9.17, 15) is 53.3 Å². The van der Waals surface area contributed by atoms with Gasteiger partial charge in [-0.3, -0.25) is 63.1 Å². The molecule has 1 fully saturated rings. The van der Waals surface area contributed by atoms with Crippen LogP contribution in [0.2, 0.25) is 0 Å². The summed E-state index contributed by atoms with van der Waals surface area (Å²) in [5.41, 5.74) is 4.03. The van der Waals surface area contributed by atoms with Gasteiger partial charge in [0.25, 0.3) is 23.4 Å². The van der Waals surface area contributed by atoms with Crippen LogP contribution in [0.1, 0.15) is 147 Å². The maximum Gasteiger partial charge on any atom is 0.310 e. The van der Waals surface area contributed by atoms with E-state index in [1.165, 1.54) is 31.4 Å². The fraction of sp³-hybridized carbons (Fsp3) is 0.559. The average Bonchev–Trinajstić information content (AvgIpc) is 1.44. The van der Waals surface area contributed by atoms with E-state index in [4.69, 9.17) is 14.2 Å². The summed E-state index contributed by atoms with van der Waals surface area (Å²) in [6.07, 6.45) is 4.73. The standard InChI is InChI=1S/C68H94N8O14/c1-14-44(6)64(73(11)67(84)53(42(2)3)39-57(78)63(43(4)5)72(9)10)58(88-12)40-62(82)74-35-21-24-54(74)65(89-13)45(7)56(77)37-50(36-47-22-17-15-18-23-47)68(85)90-41-48-26-28-49(29-27-48)46(8)70-71-66(83)52-31-30-51(38-55(52)76(86)87)69-59(79)25-19-16-20-34-75-60(80)32-33-61(75)81/h15,17-18,22-23,26-33,38,42-45,50,53-54,58,63-65H,14,16,19-21,24-25,34-37,39-41H2,1-13H3,(H,69,79)(H,71,83)/b70-46+/t44-,45-,50+,53-,54-,58+,63-,64-,65+/m0/s1. The number of unbranched alkanes of at least 4 members (excludes halogenated alkanes) is 2. The number of nitro groups is 1. The molecule has 3 aromatic carbocycles. The smallest absolute Gasteiger partial charge is 0.310 e. The molecule has 2 aliphatic heterocycles. The fourth-order valence-corrected chi connectivity index (χ4v) is 12.3. The number of methoxy groups -OCH3 is 2. The Labute approximate surface area is 530 Å². The van der Waals surface area contributed by atoms with Crippen molar-refractivity contribution in [1.82, 2.24) is 25.0 Å². The van der Waals surface area contributed by atoms with E-state index >= 15 is 0 Å². The lowest BCUT2D eigenvalue weighted by molar-refractivity contribution is -0.385. The van der Waals surface area contributed by atoms with E-state index in [0.29, 0.717) is 61.9 Å². The monoisotopic (exact) mass is 1250 g/mol. The van der Waals surface area contributed by atoms with E-state index in [-0.39, 0.29) is 115 Å². The van der Waals surface area contributed by atoms with Crippen LogP contribution in [0.4, 0.5) is 11.4 Å². The highest BCUT2D eigenvalue weighted by molar-refractivity contribution is 6.13. The van der Waals surface area contributed by atoms with Crippen LogP contribution in [0.5, 0.6) is 0 Å². The van der Waals surface area contributed by atoms with Crippen LogP contribution in [0, 0.1) is 45.6 Å². The Morgan fingerprint density at radius 2 is 1.47 bits per heavy atom. The van der Waals surface area contributed by atoms with Crippen molar-refractivity contribution < 1.29 is 62.3 Å². The van der Waals surface area contributed by atoms with Gasteiger partial charge in [0.1, 0.15) is 18.0 Å². The van der Waals surface area contributed by atoms with E-state index in [2.05, 4.69) is 15.8 Å². The van der Waals surface area contributed by atoms with Crippen LogP contribution < -0.4 is 10.7 Å². The van der Waals surface area contributed by atoms with E-state index < -0.39 is 70.4 Å². The van der Waals surface area contributed by atoms with Gasteiger partial charge in [-0.25, -0.2) is 5.43 Å². The minimum Gasteiger partial charge on any atom is -0.461 e. The minimum absolute atomic E-state index is 0.0111. The lowest BCUT2D eigenvalue weighted by atomic mass is 9.83. The molecule has 2 heterocycles. The largest absolute Gasteiger partial charge is 0.461 e. The number of hydrogen-bond acceptors (Lipinski definition) is 16. The first-order valence-electron chi connectivity index (χ1n) is 31.3. The topological polar surface area (TPSA) is 274 Å². The molecule has 2 aliphatic rings. The van der Waals surface area contributed by atoms with Gasteiger partial charge in [-0.1, -0.05) is 116 Å². The molecule has 1 saturated heterocycles. The number of rotatable bonds is 36. The normalized spacial score (nSPS) is 17.0. The van der Waals surface area contributed by atoms with Crippen LogP contribution in [0.15, 0.2) is 90.0 Å². The summed E-state index contributed by atoms with van der Waals surface area (Å²) in [7, 11) is 8.57. The second kappa shape index (κ2) is 35.0. The van der Waals surface area contributed by atoms with Crippen molar-refractivity contribution >= 4 is 70.1 Å². The maximum atomic E-state index is 14.6. The minimum atomic E-state index is -0.865. The molecule has 490 valence electrons. The van der Waals surface area contributed by atoms with Gasteiger partial charge in [0.15, 0.2) is 5.78 Å². The maximum absolute atomic E-state index is 14.6. The summed E-state index contributed by atoms with van der Waals surface area (Å²) < 4.78 is 18.1. The van der Waals surface area contributed by atoms with Gasteiger partial charge in [0.2, 0.25) is 17.7 Å². The van der Waals surface area contributed by atoms with Crippen LogP contribution in [0.3, 0.4) is 0 Å². The van der Waals surface area contributed by atoms with Crippen molar-refractivity contribution in [1.29, 1.82) is 0 Å². The first kappa shape index (κ1) is 72.9. The molecule has 22 heteroatoms. The summed E-state index contributed by atoms with van der Waals surface area (Å²) in [6, 6.07) is 18.6. The molecule has 0 unspecified atom stereocenters. The first-order valence-corrected chi connectivity index (χ1v) is 31.3. The first-order chi connectivity index (χ1) is 42.7. The number of imide groups is 1. The van der Waals surface area contributed by atoms with Crippen LogP contribution in [-0.4, -0.2) is 162 Å². The number of carbonyl (C=O) groups excluding carboxylic acids is 9. The second-order valence-corrected chi connectivity index (χ2v) is 24.8. The Kier molecular flexibility index (Phi) is 28.3. The zero-order valence-corrected chi connectivity index (χ0v) is 54.7. The summed E-state index contributed by atoms with van der Waals surface area (Å²) in [4.78, 5) is 139. The summed E-state index contributed by atoms with van der Waals surface area (Å²) in [5.74, 6) is -5.47. The highest BCUT2D eigenvalue weighted by Gasteiger charge is 2.44. The van der Waals surface area contributed by atoms with Gasteiger partial charge in [0.05, 0.1) is 53.3 Å². The van der Waals surface area contributed by atoms with Crippen molar-refractivity contribution in [2.24, 2.45) is 40.6 Å². The number of nitrogens with one attached hydrogen (secondary N) is 2. The quantitative estimate of drug-likeness (QED) is 0.0137. The molecule has 0 aliphatic carbocycles. The van der Waals surface area contributed by atoms with Crippen molar-refractivity contribution in [3.63, 3.8) is 0 Å². The van der Waals surface area contributed by atoms with Gasteiger partial charge in [-0.05, 0) is 99.7 Å². The molecule has 0 saturated carbocycles. The lowest BCUT2D eigenvalue weighted by Crippen LogP contribution is -2.54. The van der Waals surface area contributed by atoms with Crippen molar-refractivity contribution in [3.8, 4) is 0 Å². The van der Waals surface area contributed by atoms with E-state index in [0.717, 1.165) is 16.5 Å². The predicted octanol–water partition coefficient (Wildman–Crippen LogP) is 8.77. The number of ketones is 2. The van der Waals surface area contributed by atoms with E-state index in [1.807, 2.05) is 90.9 Å². The third-order valence-electron chi connectivity index (χ3n) is 17.5. The molecule has 3 aromatic rings. The molecular formula is C68H94N8O14. The Balaban J connectivity index is 1.19. The number of amides is 6. The number of hydrogen-bond donors (Lipinski definition) is 2. The predicted molar refractivity (Wildman–Crippen MR) is 342 cm³/mol. The Morgan fingerprint density at radius 1 is 0.800 bits per heavy atom. The summed E-state index contributed by atoms with van der Waals surface area (Å²) in [6.45, 7) is 15.9.